The molecule has 0 bridgehead atoms. The quantitative estimate of drug-likeness (QED) is 0.393. The molecule has 6 heteroatoms. The van der Waals surface area contributed by atoms with Crippen LogP contribution in [0.3, 0.4) is 0 Å². The Labute approximate surface area is 149 Å². The first kappa shape index (κ1) is 20.6. The number of esters is 1. The molecule has 0 saturated heterocycles. The fourth-order valence-corrected chi connectivity index (χ4v) is 2.86. The topological polar surface area (TPSA) is 64.1 Å². The van der Waals surface area contributed by atoms with Gasteiger partial charge in [-0.25, -0.2) is 0 Å². The normalized spacial score (nSPS) is 12.6. The molecule has 1 rings (SSSR count). The molecule has 24 heavy (non-hydrogen) atoms. The molecule has 0 spiro atoms. The summed E-state index contributed by atoms with van der Waals surface area (Å²) in [5.74, 6) is 0.722. The minimum absolute atomic E-state index is 0.00975. The van der Waals surface area contributed by atoms with E-state index in [1.165, 1.54) is 6.07 Å². The molecule has 0 saturated carbocycles. The predicted molar refractivity (Wildman–Crippen MR) is 98.5 cm³/mol. The number of nitrogens with zero attached hydrogens (tertiary/aromatic N) is 1. The number of hydrogen-bond acceptors (Lipinski definition) is 4. The number of ether oxygens (including phenoxy) is 1. The summed E-state index contributed by atoms with van der Waals surface area (Å²) in [6, 6.07) is 1.47. The first-order chi connectivity index (χ1) is 11.3. The molecule has 0 aliphatic carbocycles. The summed E-state index contributed by atoms with van der Waals surface area (Å²) < 4.78 is 7.74. The van der Waals surface area contributed by atoms with E-state index < -0.39 is 0 Å². The lowest BCUT2D eigenvalue weighted by molar-refractivity contribution is -0.151. The Bertz CT molecular complexity index is 619. The van der Waals surface area contributed by atoms with E-state index in [2.05, 4.69) is 32.7 Å². The van der Waals surface area contributed by atoms with Crippen LogP contribution in [0, 0.1) is 22.5 Å². The molecule has 0 amide bonds. The molecule has 0 aliphatic heterocycles. The zero-order valence-corrected chi connectivity index (χ0v) is 16.0. The van der Waals surface area contributed by atoms with E-state index in [1.807, 2.05) is 4.57 Å². The number of hydrogen-bond donors (Lipinski definition) is 1. The van der Waals surface area contributed by atoms with Gasteiger partial charge in [0.05, 0.1) is 12.5 Å². The fraction of sp³-hybridized carbons (Fsp3) is 0.722. The van der Waals surface area contributed by atoms with Gasteiger partial charge in [0.25, 0.3) is 5.56 Å². The zero-order chi connectivity index (χ0) is 18.1. The monoisotopic (exact) mass is 354 g/mol. The number of aryl methyl sites for hydroxylation is 1. The molecule has 1 atom stereocenters. The number of carbonyl (C=O) groups is 1. The van der Waals surface area contributed by atoms with Gasteiger partial charge in [0, 0.05) is 18.8 Å². The molecule has 5 nitrogen and oxygen atoms in total. The zero-order valence-electron chi connectivity index (χ0n) is 15.2. The third-order valence-corrected chi connectivity index (χ3v) is 4.35. The molecule has 1 N–H and O–H groups in total. The lowest BCUT2D eigenvalue weighted by Gasteiger charge is -2.21. The molecule has 1 aromatic heterocycles. The van der Waals surface area contributed by atoms with Crippen molar-refractivity contribution in [2.45, 2.75) is 59.9 Å². The van der Waals surface area contributed by atoms with E-state index in [0.29, 0.717) is 23.2 Å². The Morgan fingerprint density at radius 2 is 1.96 bits per heavy atom. The number of aromatic nitrogens is 2. The predicted octanol–water partition coefficient (Wildman–Crippen LogP) is 3.94. The maximum absolute atomic E-state index is 12.2. The highest BCUT2D eigenvalue weighted by Crippen LogP contribution is 2.21. The minimum Gasteiger partial charge on any atom is -0.465 e. The summed E-state index contributed by atoms with van der Waals surface area (Å²) in [6.45, 7) is 9.63. The van der Waals surface area contributed by atoms with Crippen molar-refractivity contribution in [2.75, 3.05) is 6.61 Å². The van der Waals surface area contributed by atoms with Gasteiger partial charge in [-0.2, -0.15) is 0 Å². The van der Waals surface area contributed by atoms with E-state index in [1.54, 1.807) is 6.20 Å². The van der Waals surface area contributed by atoms with Gasteiger partial charge < -0.3 is 9.30 Å². The highest BCUT2D eigenvalue weighted by atomic mass is 32.1. The van der Waals surface area contributed by atoms with E-state index >= 15 is 0 Å². The maximum Gasteiger partial charge on any atom is 0.309 e. The van der Waals surface area contributed by atoms with Crippen LogP contribution >= 0.6 is 12.2 Å². The van der Waals surface area contributed by atoms with Crippen LogP contribution in [0.25, 0.3) is 0 Å². The van der Waals surface area contributed by atoms with Crippen molar-refractivity contribution in [2.24, 2.45) is 17.8 Å². The van der Waals surface area contributed by atoms with Crippen LogP contribution in [0.1, 0.15) is 53.4 Å². The lowest BCUT2D eigenvalue weighted by Crippen LogP contribution is -2.24. The summed E-state index contributed by atoms with van der Waals surface area (Å²) in [4.78, 5) is 25.9. The highest BCUT2D eigenvalue weighted by Gasteiger charge is 2.24. The third kappa shape index (κ3) is 7.43. The van der Waals surface area contributed by atoms with Crippen LogP contribution in [0.2, 0.25) is 0 Å². The van der Waals surface area contributed by atoms with Gasteiger partial charge in [0.1, 0.15) is 0 Å². The van der Waals surface area contributed by atoms with Crippen molar-refractivity contribution in [3.8, 4) is 0 Å². The van der Waals surface area contributed by atoms with E-state index in [0.717, 1.165) is 32.2 Å². The van der Waals surface area contributed by atoms with Gasteiger partial charge in [-0.1, -0.05) is 27.7 Å². The molecular weight excluding hydrogens is 324 g/mol. The van der Waals surface area contributed by atoms with Crippen LogP contribution in [-0.4, -0.2) is 22.1 Å². The van der Waals surface area contributed by atoms with Crippen molar-refractivity contribution >= 4 is 18.2 Å². The Morgan fingerprint density at radius 3 is 2.54 bits per heavy atom. The molecular formula is C18H30N2O3S. The van der Waals surface area contributed by atoms with Crippen LogP contribution in [0.5, 0.6) is 0 Å². The smallest absolute Gasteiger partial charge is 0.309 e. The molecule has 1 heterocycles. The van der Waals surface area contributed by atoms with Crippen LogP contribution < -0.4 is 5.56 Å². The number of nitrogens with one attached hydrogen (secondary N) is 1. The van der Waals surface area contributed by atoms with Crippen LogP contribution in [-0.2, 0) is 16.1 Å². The minimum atomic E-state index is -0.177. The number of rotatable bonds is 10. The number of aromatic amines is 1. The first-order valence-corrected chi connectivity index (χ1v) is 9.18. The number of H-pyrrole nitrogens is 1. The largest absolute Gasteiger partial charge is 0.465 e. The maximum atomic E-state index is 12.2. The Morgan fingerprint density at radius 1 is 1.25 bits per heavy atom. The second-order valence-corrected chi connectivity index (χ2v) is 7.40. The molecule has 0 aromatic carbocycles. The van der Waals surface area contributed by atoms with E-state index in [-0.39, 0.29) is 17.4 Å². The Hall–Kier alpha value is -1.43. The Kier molecular flexibility index (Phi) is 8.97. The van der Waals surface area contributed by atoms with Gasteiger partial charge in [-0.3, -0.25) is 14.6 Å². The molecule has 0 fully saturated rings. The van der Waals surface area contributed by atoms with Crippen molar-refractivity contribution in [1.29, 1.82) is 0 Å². The first-order valence-electron chi connectivity index (χ1n) is 8.77. The van der Waals surface area contributed by atoms with Gasteiger partial charge in [-0.15, -0.1) is 0 Å². The number of carbonyl (C=O) groups excluding carboxylic acids is 1. The second-order valence-electron chi connectivity index (χ2n) is 7.01. The van der Waals surface area contributed by atoms with Crippen molar-refractivity contribution in [1.82, 2.24) is 9.55 Å². The third-order valence-electron chi connectivity index (χ3n) is 4.02. The summed E-state index contributed by atoms with van der Waals surface area (Å²) in [7, 11) is 0. The van der Waals surface area contributed by atoms with Crippen molar-refractivity contribution in [3.05, 3.63) is 27.4 Å². The molecule has 1 aromatic rings. The van der Waals surface area contributed by atoms with Gasteiger partial charge in [0.15, 0.2) is 4.77 Å². The van der Waals surface area contributed by atoms with Crippen molar-refractivity contribution in [3.63, 3.8) is 0 Å². The van der Waals surface area contributed by atoms with Crippen LogP contribution in [0.4, 0.5) is 0 Å². The summed E-state index contributed by atoms with van der Waals surface area (Å²) in [5, 5.41) is 0. The standard InChI is InChI=1S/C18H30N2O3S/c1-13(2)12-15(14(3)4)17(22)23-11-7-5-6-9-20-10-8-16(21)19-18(20)24/h8,10,13-15H,5-7,9,11-12H2,1-4H3,(H,19,21,24). The summed E-state index contributed by atoms with van der Waals surface area (Å²) in [6.07, 6.45) is 5.30. The average molecular weight is 355 g/mol. The molecule has 0 aliphatic rings. The second kappa shape index (κ2) is 10.4. The summed E-state index contributed by atoms with van der Waals surface area (Å²) >= 11 is 5.10. The summed E-state index contributed by atoms with van der Waals surface area (Å²) in [5.41, 5.74) is -0.177. The van der Waals surface area contributed by atoms with Crippen molar-refractivity contribution < 1.29 is 9.53 Å². The van der Waals surface area contributed by atoms with Gasteiger partial charge in [0.2, 0.25) is 0 Å². The average Bonchev–Trinajstić information content (AvgIpc) is 2.49. The van der Waals surface area contributed by atoms with E-state index in [9.17, 15) is 9.59 Å². The molecule has 136 valence electrons. The highest BCUT2D eigenvalue weighted by molar-refractivity contribution is 7.71. The lowest BCUT2D eigenvalue weighted by atomic mass is 9.88. The molecule has 1 unspecified atom stereocenters. The van der Waals surface area contributed by atoms with Gasteiger partial charge in [-0.05, 0) is 49.7 Å². The number of unbranched alkanes of at least 4 members (excludes halogenated alkanes) is 2. The fourth-order valence-electron chi connectivity index (χ4n) is 2.61. The SMILES string of the molecule is CC(C)CC(C(=O)OCCCCCn1ccc(=O)[nH]c1=S)C(C)C. The Balaban J connectivity index is 2.26. The van der Waals surface area contributed by atoms with Crippen LogP contribution in [0.15, 0.2) is 17.1 Å². The van der Waals surface area contributed by atoms with Gasteiger partial charge >= 0.3 is 5.97 Å². The van der Waals surface area contributed by atoms with E-state index in [4.69, 9.17) is 17.0 Å². The molecule has 0 radical (unpaired) electrons.